The van der Waals surface area contributed by atoms with Gasteiger partial charge in [-0.25, -0.2) is 0 Å². The summed E-state index contributed by atoms with van der Waals surface area (Å²) in [6.07, 6.45) is -73.9. The van der Waals surface area contributed by atoms with Gasteiger partial charge in [0.05, 0.1) is 268 Å². The van der Waals surface area contributed by atoms with E-state index in [1.165, 1.54) is 125 Å². The fourth-order valence-electron chi connectivity index (χ4n) is 16.0. The lowest BCUT2D eigenvalue weighted by atomic mass is 9.93. The van der Waals surface area contributed by atoms with Crippen LogP contribution in [0.4, 0.5) is 0 Å². The van der Waals surface area contributed by atoms with Crippen LogP contribution in [0.1, 0.15) is 125 Å². The molecule has 138 heavy (non-hydrogen) atoms. The second-order valence-electron chi connectivity index (χ2n) is 37.9. The van der Waals surface area contributed by atoms with Crippen molar-refractivity contribution in [3.63, 3.8) is 0 Å². The van der Waals surface area contributed by atoms with Crippen LogP contribution in [0.25, 0.3) is 0 Å². The Balaban J connectivity index is 1.70. The summed E-state index contributed by atoms with van der Waals surface area (Å²) >= 11 is 0. The normalized spacial score (nSPS) is 37.0. The second kappa shape index (κ2) is 63.2. The minimum atomic E-state index is -1.90. The predicted octanol–water partition coefficient (Wildman–Crippen LogP) is -5.76. The fourth-order valence-corrected chi connectivity index (χ4v) is 16.0. The van der Waals surface area contributed by atoms with Gasteiger partial charge in [0.2, 0.25) is 0 Å². The molecule has 0 aromatic heterocycles. The zero-order chi connectivity index (χ0) is 102. The molecule has 22 saturated heterocycles. The van der Waals surface area contributed by atoms with Crippen LogP contribution in [-0.2, 0) is 142 Å². The number of hydrogen-bond acceptors (Lipinski definition) is 48. The summed E-state index contributed by atoms with van der Waals surface area (Å²) in [7, 11) is 0. The third-order valence-electron chi connectivity index (χ3n) is 21.5. The standard InChI is InChI=1S/C90H168O48/c1-43(91)19-109-37-61-67-73(115-25-49(7)97)79(121-31-55(13)103)85(127-61)134-68-62(38-110-20-44(2)92)129-87(81(123-33-57(15)105)74(68)116-26-50(8)98)136-70-64(40-112-22-46(4)94)131-89(83(125-35-59(17)107)76(70)118-28-52(10)100)138-72-66(42-114-24-48(6)96)132-90(84(126-36-60(18)108)78(72)120-30-54(12)102)137-71-65(41-113-23-47(5)95)130-88(82(124-34-58(16)106)77(71)119-29-53(11)101)135-69-63(39-111-21-45(3)93)128-86(133-67)80(122-32-56(14)104)75(69)117-27-51(9)99/h43-108H,19-42H2,1-18H3. The van der Waals surface area contributed by atoms with Crippen molar-refractivity contribution in [2.45, 2.75) is 419 Å². The topological polar surface area (TPSA) is 641 Å². The highest BCUT2D eigenvalue weighted by Crippen LogP contribution is 2.44. The van der Waals surface area contributed by atoms with Gasteiger partial charge in [-0.05, 0) is 125 Å². The minimum absolute atomic E-state index is 0.369. The quantitative estimate of drug-likeness (QED) is 0.0270. The van der Waals surface area contributed by atoms with E-state index in [0.717, 1.165) is 0 Å². The molecule has 22 fully saturated rings. The van der Waals surface area contributed by atoms with Gasteiger partial charge >= 0.3 is 0 Å². The van der Waals surface area contributed by atoms with Crippen molar-refractivity contribution in [3.05, 3.63) is 0 Å². The number of ether oxygens (including phenoxy) is 30. The molecule has 0 amide bonds. The Hall–Kier alpha value is -1.92. The molecule has 48 nitrogen and oxygen atoms in total. The summed E-state index contributed by atoms with van der Waals surface area (Å²) in [5.74, 6) is 0. The lowest BCUT2D eigenvalue weighted by molar-refractivity contribution is -0.417. The molecule has 48 atom stereocenters. The summed E-state index contributed by atoms with van der Waals surface area (Å²) in [6.45, 7) is 13.5. The monoisotopic (exact) mass is 2020 g/mol. The Morgan fingerprint density at radius 3 is 0.326 bits per heavy atom. The molecule has 48 heteroatoms. The molecular formula is C90H168O48. The van der Waals surface area contributed by atoms with Gasteiger partial charge in [0.25, 0.3) is 0 Å². The van der Waals surface area contributed by atoms with Gasteiger partial charge < -0.3 is 234 Å². The molecular weight excluding hydrogens is 1850 g/mol. The first-order valence-corrected chi connectivity index (χ1v) is 48.3. The Morgan fingerprint density at radius 1 is 0.138 bits per heavy atom. The third-order valence-corrected chi connectivity index (χ3v) is 21.5. The summed E-state index contributed by atoms with van der Waals surface area (Å²) in [5.41, 5.74) is 0. The van der Waals surface area contributed by atoms with Crippen LogP contribution in [0, 0.1) is 0 Å². The van der Waals surface area contributed by atoms with Gasteiger partial charge in [-0.1, -0.05) is 0 Å². The van der Waals surface area contributed by atoms with Gasteiger partial charge in [-0.2, -0.15) is 0 Å². The molecule has 0 radical (unpaired) electrons. The molecule has 48 unspecified atom stereocenters. The molecule has 0 aromatic carbocycles. The van der Waals surface area contributed by atoms with E-state index < -0.39 is 413 Å². The highest BCUT2D eigenvalue weighted by atomic mass is 16.8. The molecule has 22 rings (SSSR count). The van der Waals surface area contributed by atoms with Crippen LogP contribution >= 0.6 is 0 Å². The van der Waals surface area contributed by atoms with E-state index in [9.17, 15) is 91.9 Å². The lowest BCUT2D eigenvalue weighted by Gasteiger charge is -2.54. The first-order valence-electron chi connectivity index (χ1n) is 48.3. The van der Waals surface area contributed by atoms with Gasteiger partial charge in [-0.15, -0.1) is 0 Å². The molecule has 18 N–H and O–H groups in total. The van der Waals surface area contributed by atoms with Gasteiger partial charge in [-0.3, -0.25) is 0 Å². The fraction of sp³-hybridized carbons (Fsp3) is 1.00. The summed E-state index contributed by atoms with van der Waals surface area (Å²) in [6, 6.07) is 0. The SMILES string of the molecule is CC(O)COCC1OC2OC3C(COCC(C)O)OC(OC4C(COCC(C)O)OC(OC5C(COCC(C)O)OC(OC6C(COCC(C)O)OC(OC7C(COCC(C)O)OC(OC1C(OCC(C)O)C2OCC(C)O)C(OCC(C)O)C7OCC(C)O)C(OCC(C)O)C6OCC(C)O)C(OCC(C)O)C5OCC(C)O)C(OCC(C)O)C4OCC(C)O)C(OCC(C)O)C3OCC(C)O. The van der Waals surface area contributed by atoms with E-state index in [2.05, 4.69) is 0 Å². The number of hydrogen-bond donors (Lipinski definition) is 18. The maximum absolute atomic E-state index is 11.4. The first-order chi connectivity index (χ1) is 65.3. The minimum Gasteiger partial charge on any atom is -0.391 e. The smallest absolute Gasteiger partial charge is 0.187 e. The van der Waals surface area contributed by atoms with E-state index in [1.807, 2.05) is 0 Å². The van der Waals surface area contributed by atoms with Crippen molar-refractivity contribution in [2.75, 3.05) is 159 Å². The van der Waals surface area contributed by atoms with Crippen molar-refractivity contribution in [3.8, 4) is 0 Å². The molecule has 0 spiro atoms. The van der Waals surface area contributed by atoms with E-state index in [1.54, 1.807) is 0 Å². The van der Waals surface area contributed by atoms with Crippen LogP contribution in [0.3, 0.4) is 0 Å². The van der Waals surface area contributed by atoms with Crippen LogP contribution in [0.5, 0.6) is 0 Å². The summed E-state index contributed by atoms with van der Waals surface area (Å²) < 4.78 is 207. The van der Waals surface area contributed by atoms with Crippen molar-refractivity contribution in [1.29, 1.82) is 0 Å². The Bertz CT molecular complexity index is 2600. The zero-order valence-corrected chi connectivity index (χ0v) is 83.0. The molecule has 816 valence electrons. The lowest BCUT2D eigenvalue weighted by Crippen LogP contribution is -2.71. The van der Waals surface area contributed by atoms with Crippen LogP contribution < -0.4 is 0 Å². The van der Waals surface area contributed by atoms with Crippen LogP contribution in [-0.4, -0.2) is 545 Å². The molecule has 22 aliphatic heterocycles. The predicted molar refractivity (Wildman–Crippen MR) is 473 cm³/mol. The van der Waals surface area contributed by atoms with E-state index in [0.29, 0.717) is 0 Å². The van der Waals surface area contributed by atoms with E-state index >= 15 is 0 Å². The maximum atomic E-state index is 11.4. The third kappa shape index (κ3) is 41.9. The molecule has 22 aliphatic rings. The van der Waals surface area contributed by atoms with Crippen molar-refractivity contribution < 1.29 is 234 Å². The average Bonchev–Trinajstić information content (AvgIpc) is 0.753. The highest BCUT2D eigenvalue weighted by Gasteiger charge is 2.63. The Labute approximate surface area is 808 Å². The largest absolute Gasteiger partial charge is 0.391 e. The van der Waals surface area contributed by atoms with Crippen molar-refractivity contribution >= 4 is 0 Å². The average molecular weight is 2020 g/mol. The molecule has 0 saturated carbocycles. The Kier molecular flexibility index (Phi) is 56.3. The molecule has 22 heterocycles. The van der Waals surface area contributed by atoms with Gasteiger partial charge in [0.1, 0.15) is 146 Å². The zero-order valence-electron chi connectivity index (χ0n) is 83.0. The molecule has 12 bridgehead atoms. The van der Waals surface area contributed by atoms with Gasteiger partial charge in [0, 0.05) is 0 Å². The van der Waals surface area contributed by atoms with Crippen molar-refractivity contribution in [2.24, 2.45) is 0 Å². The number of aliphatic hydroxyl groups excluding tert-OH is 18. The molecule has 0 aliphatic carbocycles. The molecule has 0 aromatic rings. The van der Waals surface area contributed by atoms with Crippen LogP contribution in [0.2, 0.25) is 0 Å². The maximum Gasteiger partial charge on any atom is 0.187 e. The summed E-state index contributed by atoms with van der Waals surface area (Å²) in [4.78, 5) is 0. The summed E-state index contributed by atoms with van der Waals surface area (Å²) in [5, 5.41) is 203. The highest BCUT2D eigenvalue weighted by molar-refractivity contribution is 5.05. The van der Waals surface area contributed by atoms with E-state index in [4.69, 9.17) is 142 Å². The van der Waals surface area contributed by atoms with Gasteiger partial charge in [0.15, 0.2) is 37.7 Å². The number of rotatable bonds is 60. The van der Waals surface area contributed by atoms with Crippen molar-refractivity contribution in [1.82, 2.24) is 0 Å². The first kappa shape index (κ1) is 123. The van der Waals surface area contributed by atoms with E-state index in [-0.39, 0.29) is 39.6 Å². The Morgan fingerprint density at radius 2 is 0.232 bits per heavy atom. The number of aliphatic hydroxyl groups is 18. The van der Waals surface area contributed by atoms with Crippen LogP contribution in [0.15, 0.2) is 0 Å². The second-order valence-corrected chi connectivity index (χ2v) is 37.9.